The minimum absolute atomic E-state index is 0. The second-order valence-corrected chi connectivity index (χ2v) is 5.69. The minimum atomic E-state index is -1.42. The predicted molar refractivity (Wildman–Crippen MR) is 69.1 cm³/mol. The second-order valence-electron chi connectivity index (χ2n) is 4.22. The third-order valence-electron chi connectivity index (χ3n) is 3.00. The van der Waals surface area contributed by atoms with Crippen LogP contribution in [0.5, 0.6) is 0 Å². The van der Waals surface area contributed by atoms with E-state index in [0.29, 0.717) is 17.1 Å². The number of hydrogen-bond donors (Lipinski definition) is 1. The number of ether oxygens (including phenoxy) is 1. The zero-order valence-corrected chi connectivity index (χ0v) is 14.8. The van der Waals surface area contributed by atoms with Crippen molar-refractivity contribution in [1.82, 2.24) is 4.90 Å². The SMILES string of the molecule is CC(=O)OCC1=C(C(=O)[O-])N2C(=O)[C@@H](CS)[C@H]2SC1.[Na+]. The molecule has 104 valence electrons. The summed E-state index contributed by atoms with van der Waals surface area (Å²) >= 11 is 5.53. The number of carbonyl (C=O) groups is 3. The average Bonchev–Trinajstić information content (AvgIpc) is 2.35. The Morgan fingerprint density at radius 1 is 1.55 bits per heavy atom. The standard InChI is InChI=1S/C11H13NO5S2.Na/c1-5(13)17-2-6-4-19-10-7(3-18)9(14)12(10)8(6)11(15)16;/h7,10,18H,2-4H2,1H3,(H,15,16);/q;+1/p-1/t7-,10-;/m1./s1. The van der Waals surface area contributed by atoms with E-state index < -0.39 is 11.9 Å². The van der Waals surface area contributed by atoms with Gasteiger partial charge in [0.15, 0.2) is 0 Å². The van der Waals surface area contributed by atoms with Gasteiger partial charge >= 0.3 is 35.5 Å². The van der Waals surface area contributed by atoms with Crippen LogP contribution in [0.3, 0.4) is 0 Å². The first-order chi connectivity index (χ1) is 8.97. The van der Waals surface area contributed by atoms with Gasteiger partial charge in [-0.3, -0.25) is 14.5 Å². The summed E-state index contributed by atoms with van der Waals surface area (Å²) in [4.78, 5) is 35.1. The topological polar surface area (TPSA) is 86.7 Å². The van der Waals surface area contributed by atoms with Gasteiger partial charge in [-0.05, 0) is 0 Å². The number of nitrogens with zero attached hydrogens (tertiary/aromatic N) is 1. The van der Waals surface area contributed by atoms with Gasteiger partial charge in [-0.2, -0.15) is 12.6 Å². The summed E-state index contributed by atoms with van der Waals surface area (Å²) in [6.45, 7) is 1.11. The number of esters is 1. The van der Waals surface area contributed by atoms with Crippen molar-refractivity contribution in [2.45, 2.75) is 12.3 Å². The smallest absolute Gasteiger partial charge is 0.543 e. The fourth-order valence-corrected chi connectivity index (χ4v) is 3.98. The van der Waals surface area contributed by atoms with Crippen molar-refractivity contribution in [3.05, 3.63) is 11.3 Å². The van der Waals surface area contributed by atoms with Crippen molar-refractivity contribution in [2.75, 3.05) is 18.1 Å². The maximum atomic E-state index is 11.9. The third-order valence-corrected chi connectivity index (χ3v) is 4.79. The molecule has 2 aliphatic rings. The molecule has 0 aliphatic carbocycles. The molecule has 0 radical (unpaired) electrons. The van der Waals surface area contributed by atoms with E-state index in [1.807, 2.05) is 0 Å². The Hall–Kier alpha value is -0.150. The molecule has 0 bridgehead atoms. The molecule has 0 aromatic rings. The molecular formula is C11H12NNaO5S2. The van der Waals surface area contributed by atoms with Crippen molar-refractivity contribution in [3.63, 3.8) is 0 Å². The molecule has 1 amide bonds. The first-order valence-corrected chi connectivity index (χ1v) is 7.27. The van der Waals surface area contributed by atoms with Crippen LogP contribution < -0.4 is 34.7 Å². The number of thiol groups is 1. The number of hydrogen-bond acceptors (Lipinski definition) is 7. The number of β-lactam (4-membered cyclic amide) rings is 1. The van der Waals surface area contributed by atoms with Crippen molar-refractivity contribution in [1.29, 1.82) is 0 Å². The summed E-state index contributed by atoms with van der Waals surface area (Å²) in [5.74, 6) is -1.68. The molecular weight excluding hydrogens is 313 g/mol. The van der Waals surface area contributed by atoms with Crippen LogP contribution in [0.25, 0.3) is 0 Å². The molecule has 0 unspecified atom stereocenters. The van der Waals surface area contributed by atoms with Crippen LogP contribution in [-0.4, -0.2) is 46.2 Å². The molecule has 2 atom stereocenters. The van der Waals surface area contributed by atoms with Gasteiger partial charge in [0.25, 0.3) is 0 Å². The van der Waals surface area contributed by atoms with Crippen LogP contribution in [0, 0.1) is 5.92 Å². The quantitative estimate of drug-likeness (QED) is 0.246. The Bertz CT molecular complexity index is 481. The normalized spacial score (nSPS) is 24.5. The van der Waals surface area contributed by atoms with Gasteiger partial charge in [0.2, 0.25) is 5.91 Å². The molecule has 1 fully saturated rings. The number of carbonyl (C=O) groups excluding carboxylic acids is 3. The summed E-state index contributed by atoms with van der Waals surface area (Å²) in [6.07, 6.45) is 0. The van der Waals surface area contributed by atoms with E-state index in [4.69, 9.17) is 4.74 Å². The fourth-order valence-electron chi connectivity index (χ4n) is 2.09. The molecule has 20 heavy (non-hydrogen) atoms. The molecule has 0 aromatic heterocycles. The summed E-state index contributed by atoms with van der Waals surface area (Å²) < 4.78 is 4.80. The number of fused-ring (bicyclic) bond motifs is 1. The molecule has 0 aromatic carbocycles. The zero-order chi connectivity index (χ0) is 14.2. The monoisotopic (exact) mass is 325 g/mol. The predicted octanol–water partition coefficient (Wildman–Crippen LogP) is -3.98. The largest absolute Gasteiger partial charge is 1.00 e. The molecule has 1 saturated heterocycles. The number of amides is 1. The van der Waals surface area contributed by atoms with E-state index in [1.54, 1.807) is 0 Å². The third kappa shape index (κ3) is 3.19. The average molecular weight is 325 g/mol. The number of rotatable bonds is 4. The number of aliphatic carboxylic acids is 1. The summed E-state index contributed by atoms with van der Waals surface area (Å²) in [7, 11) is 0. The molecule has 0 saturated carbocycles. The molecule has 0 spiro atoms. The van der Waals surface area contributed by atoms with Crippen molar-refractivity contribution in [3.8, 4) is 0 Å². The Morgan fingerprint density at radius 2 is 2.20 bits per heavy atom. The Morgan fingerprint density at radius 3 is 2.70 bits per heavy atom. The molecule has 9 heteroatoms. The van der Waals surface area contributed by atoms with Gasteiger partial charge < -0.3 is 14.6 Å². The minimum Gasteiger partial charge on any atom is -0.543 e. The zero-order valence-electron chi connectivity index (χ0n) is 11.1. The number of thioether (sulfide) groups is 1. The van der Waals surface area contributed by atoms with E-state index >= 15 is 0 Å². The first kappa shape index (κ1) is 17.9. The summed E-state index contributed by atoms with van der Waals surface area (Å²) in [6, 6.07) is 0. The molecule has 0 N–H and O–H groups in total. The van der Waals surface area contributed by atoms with Crippen molar-refractivity contribution >= 4 is 42.2 Å². The van der Waals surface area contributed by atoms with E-state index in [2.05, 4.69) is 12.6 Å². The molecule has 2 aliphatic heterocycles. The molecule has 6 nitrogen and oxygen atoms in total. The summed E-state index contributed by atoms with van der Waals surface area (Å²) in [5, 5.41) is 11.0. The van der Waals surface area contributed by atoms with E-state index in [-0.39, 0.29) is 59.1 Å². The van der Waals surface area contributed by atoms with Crippen LogP contribution >= 0.6 is 24.4 Å². The Balaban J connectivity index is 0.00000200. The van der Waals surface area contributed by atoms with Crippen LogP contribution in [0.2, 0.25) is 0 Å². The van der Waals surface area contributed by atoms with Crippen LogP contribution in [0.4, 0.5) is 0 Å². The molecule has 2 rings (SSSR count). The Labute approximate surface area is 148 Å². The van der Waals surface area contributed by atoms with E-state index in [9.17, 15) is 19.5 Å². The van der Waals surface area contributed by atoms with Crippen LogP contribution in [-0.2, 0) is 19.1 Å². The Kier molecular flexibility index (Phi) is 6.46. The number of carboxylic acids is 1. The number of carboxylic acid groups (broad SMARTS) is 1. The second kappa shape index (κ2) is 7.22. The van der Waals surface area contributed by atoms with Crippen LogP contribution in [0.15, 0.2) is 11.3 Å². The maximum Gasteiger partial charge on any atom is 1.00 e. The maximum absolute atomic E-state index is 11.9. The van der Waals surface area contributed by atoms with Crippen molar-refractivity contribution < 1.29 is 53.8 Å². The van der Waals surface area contributed by atoms with Crippen LogP contribution in [0.1, 0.15) is 6.92 Å². The van der Waals surface area contributed by atoms with Gasteiger partial charge in [-0.15, -0.1) is 11.8 Å². The summed E-state index contributed by atoms with van der Waals surface area (Å²) in [5.41, 5.74) is 0.232. The van der Waals surface area contributed by atoms with Gasteiger partial charge in [0.05, 0.1) is 23.0 Å². The van der Waals surface area contributed by atoms with Gasteiger partial charge in [0.1, 0.15) is 6.61 Å². The van der Waals surface area contributed by atoms with E-state index in [0.717, 1.165) is 0 Å². The van der Waals surface area contributed by atoms with Crippen molar-refractivity contribution in [2.24, 2.45) is 5.92 Å². The van der Waals surface area contributed by atoms with Gasteiger partial charge in [-0.25, -0.2) is 0 Å². The fraction of sp³-hybridized carbons (Fsp3) is 0.545. The van der Waals surface area contributed by atoms with Gasteiger partial charge in [0, 0.05) is 24.0 Å². The van der Waals surface area contributed by atoms with Gasteiger partial charge in [-0.1, -0.05) is 0 Å². The molecule has 2 heterocycles. The first-order valence-electron chi connectivity index (χ1n) is 5.59. The van der Waals surface area contributed by atoms with E-state index in [1.165, 1.54) is 23.6 Å².